The molecule has 0 saturated carbocycles. The summed E-state index contributed by atoms with van der Waals surface area (Å²) >= 11 is 5.64. The van der Waals surface area contributed by atoms with E-state index < -0.39 is 5.54 Å². The summed E-state index contributed by atoms with van der Waals surface area (Å²) in [4.78, 5) is 12.3. The van der Waals surface area contributed by atoms with Gasteiger partial charge in [0.15, 0.2) is 0 Å². The fourth-order valence-corrected chi connectivity index (χ4v) is 2.52. The van der Waals surface area contributed by atoms with Gasteiger partial charge in [0, 0.05) is 13.6 Å². The van der Waals surface area contributed by atoms with Gasteiger partial charge in [0.2, 0.25) is 0 Å². The molecule has 0 spiro atoms. The zero-order valence-electron chi connectivity index (χ0n) is 11.3. The zero-order chi connectivity index (χ0) is 14.8. The highest BCUT2D eigenvalue weighted by molar-refractivity contribution is 14.1. The average molecular weight is 444 g/mol. The molecule has 0 saturated heterocycles. The van der Waals surface area contributed by atoms with Crippen LogP contribution in [0.5, 0.6) is 0 Å². The molecule has 0 bridgehead atoms. The number of rotatable bonds is 3. The van der Waals surface area contributed by atoms with Crippen molar-refractivity contribution in [3.8, 4) is 0 Å². The second-order valence-corrected chi connectivity index (χ2v) is 7.25. The van der Waals surface area contributed by atoms with Gasteiger partial charge < -0.3 is 5.32 Å². The Hall–Kier alpha value is -0.880. The molecule has 4 heteroatoms. The monoisotopic (exact) mass is 443 g/mol. The van der Waals surface area contributed by atoms with Crippen LogP contribution in [0.1, 0.15) is 29.8 Å². The van der Waals surface area contributed by atoms with Crippen molar-refractivity contribution in [3.63, 3.8) is 0 Å². The van der Waals surface area contributed by atoms with Crippen molar-refractivity contribution in [2.75, 3.05) is 0 Å². The SMILES string of the molecule is CC(C)(NC(=O)c1ccc(I)cc1)c1ccc(Br)cc1. The van der Waals surface area contributed by atoms with Crippen molar-refractivity contribution < 1.29 is 4.79 Å². The summed E-state index contributed by atoms with van der Waals surface area (Å²) in [5.74, 6) is -0.0608. The fraction of sp³-hybridized carbons (Fsp3) is 0.188. The lowest BCUT2D eigenvalue weighted by molar-refractivity contribution is 0.0912. The summed E-state index contributed by atoms with van der Waals surface area (Å²) in [6.45, 7) is 4.00. The van der Waals surface area contributed by atoms with Gasteiger partial charge in [-0.25, -0.2) is 0 Å². The lowest BCUT2D eigenvalue weighted by atomic mass is 9.94. The summed E-state index contributed by atoms with van der Waals surface area (Å²) in [5.41, 5.74) is 1.33. The molecular formula is C16H15BrINO. The van der Waals surface area contributed by atoms with Gasteiger partial charge in [0.1, 0.15) is 0 Å². The number of nitrogens with one attached hydrogen (secondary N) is 1. The molecule has 2 aromatic carbocycles. The minimum Gasteiger partial charge on any atom is -0.343 e. The van der Waals surface area contributed by atoms with E-state index in [-0.39, 0.29) is 5.91 Å². The van der Waals surface area contributed by atoms with E-state index in [2.05, 4.69) is 43.8 Å². The minimum atomic E-state index is -0.416. The van der Waals surface area contributed by atoms with Crippen LogP contribution >= 0.6 is 38.5 Å². The molecule has 0 heterocycles. The van der Waals surface area contributed by atoms with Crippen LogP contribution in [0.4, 0.5) is 0 Å². The normalized spacial score (nSPS) is 11.2. The third-order valence-electron chi connectivity index (χ3n) is 3.10. The van der Waals surface area contributed by atoms with Crippen LogP contribution in [0.15, 0.2) is 53.0 Å². The maximum Gasteiger partial charge on any atom is 0.251 e. The maximum atomic E-state index is 12.3. The van der Waals surface area contributed by atoms with Crippen LogP contribution in [0, 0.1) is 3.57 Å². The van der Waals surface area contributed by atoms with Crippen molar-refractivity contribution in [3.05, 3.63) is 67.7 Å². The predicted octanol–water partition coefficient (Wildman–Crippen LogP) is 4.72. The molecule has 0 aliphatic rings. The molecule has 0 aromatic heterocycles. The molecule has 20 heavy (non-hydrogen) atoms. The Kier molecular flexibility index (Phi) is 4.86. The quantitative estimate of drug-likeness (QED) is 0.683. The number of hydrogen-bond acceptors (Lipinski definition) is 1. The van der Waals surface area contributed by atoms with E-state index >= 15 is 0 Å². The lowest BCUT2D eigenvalue weighted by Gasteiger charge is -2.27. The van der Waals surface area contributed by atoms with Crippen molar-refractivity contribution in [1.82, 2.24) is 5.32 Å². The van der Waals surface area contributed by atoms with Crippen molar-refractivity contribution in [1.29, 1.82) is 0 Å². The molecule has 0 fully saturated rings. The van der Waals surface area contributed by atoms with E-state index in [9.17, 15) is 4.79 Å². The van der Waals surface area contributed by atoms with Gasteiger partial charge in [-0.15, -0.1) is 0 Å². The molecule has 104 valence electrons. The van der Waals surface area contributed by atoms with Crippen LogP contribution in [0.3, 0.4) is 0 Å². The molecule has 1 N–H and O–H groups in total. The number of hydrogen-bond donors (Lipinski definition) is 1. The molecule has 0 atom stereocenters. The molecule has 0 aliphatic carbocycles. The molecule has 0 aliphatic heterocycles. The van der Waals surface area contributed by atoms with Gasteiger partial charge in [-0.2, -0.15) is 0 Å². The van der Waals surface area contributed by atoms with E-state index in [1.807, 2.05) is 62.4 Å². The highest BCUT2D eigenvalue weighted by atomic mass is 127. The first-order chi connectivity index (χ1) is 9.38. The Morgan fingerprint density at radius 3 is 2.15 bits per heavy atom. The first-order valence-corrected chi connectivity index (χ1v) is 8.10. The predicted molar refractivity (Wildman–Crippen MR) is 93.8 cm³/mol. The Morgan fingerprint density at radius 2 is 1.60 bits per heavy atom. The van der Waals surface area contributed by atoms with Crippen molar-refractivity contribution in [2.24, 2.45) is 0 Å². The Labute approximate surface area is 141 Å². The Balaban J connectivity index is 2.17. The number of carbonyl (C=O) groups excluding carboxylic acids is 1. The van der Waals surface area contributed by atoms with Crippen LogP contribution < -0.4 is 5.32 Å². The van der Waals surface area contributed by atoms with Gasteiger partial charge in [-0.3, -0.25) is 4.79 Å². The molecule has 2 rings (SSSR count). The summed E-state index contributed by atoms with van der Waals surface area (Å²) in [5, 5.41) is 3.07. The van der Waals surface area contributed by atoms with E-state index in [1.165, 1.54) is 0 Å². The standard InChI is InChI=1S/C16H15BrINO/c1-16(2,12-5-7-13(17)8-6-12)19-15(20)11-3-9-14(18)10-4-11/h3-10H,1-2H3,(H,19,20). The minimum absolute atomic E-state index is 0.0608. The Bertz CT molecular complexity index is 605. The van der Waals surface area contributed by atoms with E-state index in [0.717, 1.165) is 13.6 Å². The third-order valence-corrected chi connectivity index (χ3v) is 4.35. The van der Waals surface area contributed by atoms with Gasteiger partial charge in [0.25, 0.3) is 5.91 Å². The Morgan fingerprint density at radius 1 is 1.05 bits per heavy atom. The van der Waals surface area contributed by atoms with Crippen molar-refractivity contribution >= 4 is 44.4 Å². The average Bonchev–Trinajstić information content (AvgIpc) is 2.39. The summed E-state index contributed by atoms with van der Waals surface area (Å²) in [6, 6.07) is 15.5. The summed E-state index contributed by atoms with van der Waals surface area (Å²) in [7, 11) is 0. The molecule has 2 aromatic rings. The number of halogens is 2. The van der Waals surface area contributed by atoms with Crippen LogP contribution in [-0.2, 0) is 5.54 Å². The van der Waals surface area contributed by atoms with E-state index in [0.29, 0.717) is 5.56 Å². The molecule has 0 unspecified atom stereocenters. The smallest absolute Gasteiger partial charge is 0.251 e. The second-order valence-electron chi connectivity index (χ2n) is 5.09. The van der Waals surface area contributed by atoms with Crippen LogP contribution in [-0.4, -0.2) is 5.91 Å². The fourth-order valence-electron chi connectivity index (χ4n) is 1.90. The highest BCUT2D eigenvalue weighted by Gasteiger charge is 2.23. The molecular weight excluding hydrogens is 429 g/mol. The van der Waals surface area contributed by atoms with Crippen LogP contribution in [0.25, 0.3) is 0 Å². The first-order valence-electron chi connectivity index (χ1n) is 6.22. The van der Waals surface area contributed by atoms with E-state index in [4.69, 9.17) is 0 Å². The lowest BCUT2D eigenvalue weighted by Crippen LogP contribution is -2.40. The molecule has 2 nitrogen and oxygen atoms in total. The van der Waals surface area contributed by atoms with Crippen LogP contribution in [0.2, 0.25) is 0 Å². The van der Waals surface area contributed by atoms with Gasteiger partial charge >= 0.3 is 0 Å². The van der Waals surface area contributed by atoms with E-state index in [1.54, 1.807) is 0 Å². The molecule has 0 radical (unpaired) electrons. The largest absolute Gasteiger partial charge is 0.343 e. The van der Waals surface area contributed by atoms with Crippen molar-refractivity contribution in [2.45, 2.75) is 19.4 Å². The third kappa shape index (κ3) is 3.82. The number of amides is 1. The zero-order valence-corrected chi connectivity index (χ0v) is 15.0. The first kappa shape index (κ1) is 15.5. The second kappa shape index (κ2) is 6.26. The molecule has 1 amide bonds. The van der Waals surface area contributed by atoms with Gasteiger partial charge in [-0.05, 0) is 78.4 Å². The number of carbonyl (C=O) groups is 1. The summed E-state index contributed by atoms with van der Waals surface area (Å²) < 4.78 is 2.15. The maximum absolute atomic E-state index is 12.3. The van der Waals surface area contributed by atoms with Gasteiger partial charge in [0.05, 0.1) is 5.54 Å². The number of benzene rings is 2. The summed E-state index contributed by atoms with van der Waals surface area (Å²) in [6.07, 6.45) is 0. The highest BCUT2D eigenvalue weighted by Crippen LogP contribution is 2.22. The van der Waals surface area contributed by atoms with Gasteiger partial charge in [-0.1, -0.05) is 28.1 Å². The topological polar surface area (TPSA) is 29.1 Å².